The van der Waals surface area contributed by atoms with Crippen LogP contribution in [0.5, 0.6) is 0 Å². The van der Waals surface area contributed by atoms with E-state index in [9.17, 15) is 4.79 Å². The first-order valence-corrected chi connectivity index (χ1v) is 5.38. The van der Waals surface area contributed by atoms with Crippen molar-refractivity contribution in [3.05, 3.63) is 53.1 Å². The molecule has 0 aliphatic rings. The van der Waals surface area contributed by atoms with E-state index < -0.39 is 0 Å². The third-order valence-electron chi connectivity index (χ3n) is 2.12. The molecule has 0 bridgehead atoms. The topological polar surface area (TPSA) is 54.9 Å². The molecule has 4 nitrogen and oxygen atoms in total. The number of carbonyl (C=O) groups is 1. The predicted molar refractivity (Wildman–Crippen MR) is 66.2 cm³/mol. The van der Waals surface area contributed by atoms with E-state index in [0.29, 0.717) is 10.7 Å². The minimum absolute atomic E-state index is 0.283. The summed E-state index contributed by atoms with van der Waals surface area (Å²) < 4.78 is 0. The Bertz CT molecular complexity index is 522. The fraction of sp³-hybridized carbons (Fsp3) is 0.0833. The number of nitrogens with one attached hydrogen (secondary N) is 1. The van der Waals surface area contributed by atoms with Gasteiger partial charge in [-0.1, -0.05) is 11.6 Å². The van der Waals surface area contributed by atoms with Gasteiger partial charge < -0.3 is 5.32 Å². The molecule has 17 heavy (non-hydrogen) atoms. The maximum atomic E-state index is 11.8. The largest absolute Gasteiger partial charge is 0.321 e. The molecule has 0 spiro atoms. The van der Waals surface area contributed by atoms with Crippen molar-refractivity contribution >= 4 is 23.2 Å². The number of benzene rings is 1. The molecule has 0 aliphatic heterocycles. The zero-order valence-corrected chi connectivity index (χ0v) is 9.90. The minimum Gasteiger partial charge on any atom is -0.321 e. The molecule has 0 radical (unpaired) electrons. The number of hydrogen-bond acceptors (Lipinski definition) is 3. The molecule has 1 aromatic heterocycles. The third kappa shape index (κ3) is 3.01. The van der Waals surface area contributed by atoms with Crippen molar-refractivity contribution in [3.8, 4) is 0 Å². The lowest BCUT2D eigenvalue weighted by atomic mass is 10.3. The number of hydrogen-bond donors (Lipinski definition) is 1. The second kappa shape index (κ2) is 4.93. The van der Waals surface area contributed by atoms with Gasteiger partial charge in [-0.15, -0.1) is 0 Å². The van der Waals surface area contributed by atoms with Crippen LogP contribution in [-0.4, -0.2) is 15.9 Å². The van der Waals surface area contributed by atoms with Crippen molar-refractivity contribution in [1.82, 2.24) is 9.97 Å². The Morgan fingerprint density at radius 2 is 1.88 bits per heavy atom. The van der Waals surface area contributed by atoms with E-state index in [-0.39, 0.29) is 11.6 Å². The van der Waals surface area contributed by atoms with E-state index in [2.05, 4.69) is 15.3 Å². The van der Waals surface area contributed by atoms with Gasteiger partial charge in [-0.2, -0.15) is 0 Å². The first-order valence-electron chi connectivity index (χ1n) is 5.01. The van der Waals surface area contributed by atoms with Crippen molar-refractivity contribution in [2.45, 2.75) is 6.92 Å². The molecule has 2 rings (SSSR count). The highest BCUT2D eigenvalue weighted by molar-refractivity contribution is 6.30. The second-order valence-electron chi connectivity index (χ2n) is 3.50. The Labute approximate surface area is 104 Å². The van der Waals surface area contributed by atoms with Gasteiger partial charge in [0.1, 0.15) is 5.69 Å². The van der Waals surface area contributed by atoms with Gasteiger partial charge in [-0.05, 0) is 31.2 Å². The Morgan fingerprint density at radius 1 is 1.18 bits per heavy atom. The minimum atomic E-state index is -0.292. The number of aryl methyl sites for hydroxylation is 1. The SMILES string of the molecule is Cc1cnc(C(=O)Nc2ccc(Cl)cc2)cn1. The smallest absolute Gasteiger partial charge is 0.275 e. The van der Waals surface area contributed by atoms with Crippen LogP contribution in [0.3, 0.4) is 0 Å². The van der Waals surface area contributed by atoms with Crippen LogP contribution in [0.4, 0.5) is 5.69 Å². The van der Waals surface area contributed by atoms with E-state index in [0.717, 1.165) is 5.69 Å². The van der Waals surface area contributed by atoms with Crippen molar-refractivity contribution in [2.75, 3.05) is 5.32 Å². The number of rotatable bonds is 2. The Kier molecular flexibility index (Phi) is 3.35. The summed E-state index contributed by atoms with van der Waals surface area (Å²) in [4.78, 5) is 19.8. The summed E-state index contributed by atoms with van der Waals surface area (Å²) in [6.07, 6.45) is 3.00. The molecule has 0 unspecified atom stereocenters. The summed E-state index contributed by atoms with van der Waals surface area (Å²) in [6.45, 7) is 1.81. The first kappa shape index (κ1) is 11.5. The molecular weight excluding hydrogens is 238 g/mol. The van der Waals surface area contributed by atoms with Crippen LogP contribution in [0.15, 0.2) is 36.7 Å². The monoisotopic (exact) mass is 247 g/mol. The van der Waals surface area contributed by atoms with Crippen molar-refractivity contribution < 1.29 is 4.79 Å². The Hall–Kier alpha value is -1.94. The van der Waals surface area contributed by atoms with Crippen LogP contribution in [0.25, 0.3) is 0 Å². The summed E-state index contributed by atoms with van der Waals surface area (Å²) in [5.41, 5.74) is 1.72. The molecule has 2 aromatic rings. The first-order chi connectivity index (χ1) is 8.15. The highest BCUT2D eigenvalue weighted by atomic mass is 35.5. The fourth-order valence-electron chi connectivity index (χ4n) is 1.24. The van der Waals surface area contributed by atoms with Crippen LogP contribution in [0.2, 0.25) is 5.02 Å². The molecule has 1 aromatic carbocycles. The molecule has 0 saturated carbocycles. The number of aromatic nitrogens is 2. The van der Waals surface area contributed by atoms with Crippen LogP contribution in [0, 0.1) is 6.92 Å². The van der Waals surface area contributed by atoms with E-state index in [1.807, 2.05) is 6.92 Å². The summed E-state index contributed by atoms with van der Waals surface area (Å²) in [5.74, 6) is -0.292. The van der Waals surface area contributed by atoms with Crippen molar-refractivity contribution in [3.63, 3.8) is 0 Å². The number of anilines is 1. The lowest BCUT2D eigenvalue weighted by molar-refractivity contribution is 0.102. The van der Waals surface area contributed by atoms with Crippen LogP contribution >= 0.6 is 11.6 Å². The van der Waals surface area contributed by atoms with Crippen LogP contribution < -0.4 is 5.32 Å². The lowest BCUT2D eigenvalue weighted by Crippen LogP contribution is -2.14. The average Bonchev–Trinajstić information content (AvgIpc) is 2.33. The average molecular weight is 248 g/mol. The third-order valence-corrected chi connectivity index (χ3v) is 2.37. The van der Waals surface area contributed by atoms with Gasteiger partial charge in [0.2, 0.25) is 0 Å². The van der Waals surface area contributed by atoms with Crippen molar-refractivity contribution in [1.29, 1.82) is 0 Å². The number of amides is 1. The van der Waals surface area contributed by atoms with Gasteiger partial charge in [0.25, 0.3) is 5.91 Å². The molecule has 0 saturated heterocycles. The van der Waals surface area contributed by atoms with E-state index in [1.165, 1.54) is 6.20 Å². The van der Waals surface area contributed by atoms with Crippen LogP contribution in [-0.2, 0) is 0 Å². The second-order valence-corrected chi connectivity index (χ2v) is 3.94. The van der Waals surface area contributed by atoms with Crippen molar-refractivity contribution in [2.24, 2.45) is 0 Å². The van der Waals surface area contributed by atoms with Crippen LogP contribution in [0.1, 0.15) is 16.2 Å². The molecule has 1 heterocycles. The van der Waals surface area contributed by atoms with Gasteiger partial charge in [-0.25, -0.2) is 4.98 Å². The van der Waals surface area contributed by atoms with E-state index in [4.69, 9.17) is 11.6 Å². The van der Waals surface area contributed by atoms with E-state index in [1.54, 1.807) is 30.5 Å². The zero-order chi connectivity index (χ0) is 12.3. The number of nitrogens with zero attached hydrogens (tertiary/aromatic N) is 2. The number of halogens is 1. The van der Waals surface area contributed by atoms with Gasteiger partial charge in [-0.3, -0.25) is 9.78 Å². The zero-order valence-electron chi connectivity index (χ0n) is 9.14. The maximum absolute atomic E-state index is 11.8. The molecule has 1 amide bonds. The highest BCUT2D eigenvalue weighted by Gasteiger charge is 2.07. The number of carbonyl (C=O) groups excluding carboxylic acids is 1. The van der Waals surface area contributed by atoms with Gasteiger partial charge in [0.05, 0.1) is 11.9 Å². The quantitative estimate of drug-likeness (QED) is 0.888. The summed E-state index contributed by atoms with van der Waals surface area (Å²) in [5, 5.41) is 3.33. The van der Waals surface area contributed by atoms with Gasteiger partial charge in [0, 0.05) is 16.9 Å². The standard InChI is InChI=1S/C12H10ClN3O/c1-8-6-15-11(7-14-8)12(17)16-10-4-2-9(13)3-5-10/h2-7H,1H3,(H,16,17). The van der Waals surface area contributed by atoms with E-state index >= 15 is 0 Å². The molecule has 0 atom stereocenters. The van der Waals surface area contributed by atoms with Gasteiger partial charge in [0.15, 0.2) is 0 Å². The fourth-order valence-corrected chi connectivity index (χ4v) is 1.36. The molecular formula is C12H10ClN3O. The Balaban J connectivity index is 2.11. The summed E-state index contributed by atoms with van der Waals surface area (Å²) in [7, 11) is 0. The van der Waals surface area contributed by atoms with Gasteiger partial charge >= 0.3 is 0 Å². The molecule has 5 heteroatoms. The Morgan fingerprint density at radius 3 is 2.47 bits per heavy atom. The molecule has 86 valence electrons. The molecule has 1 N–H and O–H groups in total. The molecule has 0 aliphatic carbocycles. The summed E-state index contributed by atoms with van der Waals surface area (Å²) >= 11 is 5.75. The summed E-state index contributed by atoms with van der Waals surface area (Å²) in [6, 6.07) is 6.86. The normalized spacial score (nSPS) is 10.0. The maximum Gasteiger partial charge on any atom is 0.275 e. The molecule has 0 fully saturated rings. The highest BCUT2D eigenvalue weighted by Crippen LogP contribution is 2.13. The lowest BCUT2D eigenvalue weighted by Gasteiger charge is -2.04. The predicted octanol–water partition coefficient (Wildman–Crippen LogP) is 2.69.